The summed E-state index contributed by atoms with van der Waals surface area (Å²) in [5.41, 5.74) is 4.50. The number of rotatable bonds is 10. The number of thiazole rings is 1. The van der Waals surface area contributed by atoms with Crippen LogP contribution in [0.2, 0.25) is 0 Å². The first-order valence-corrected chi connectivity index (χ1v) is 16.5. The lowest BCUT2D eigenvalue weighted by Gasteiger charge is -2.28. The summed E-state index contributed by atoms with van der Waals surface area (Å²) in [4.78, 5) is 34.0. The monoisotopic (exact) mass is 592 g/mol. The van der Waals surface area contributed by atoms with Crippen LogP contribution in [0.3, 0.4) is 0 Å². The molecule has 1 N–H and O–H groups in total. The van der Waals surface area contributed by atoms with Gasteiger partial charge in [-0.2, -0.15) is 0 Å². The molecule has 1 saturated carbocycles. The summed E-state index contributed by atoms with van der Waals surface area (Å²) >= 11 is 1.61. The minimum absolute atomic E-state index is 0.0120. The van der Waals surface area contributed by atoms with Crippen molar-refractivity contribution in [3.8, 4) is 0 Å². The highest BCUT2D eigenvalue weighted by Crippen LogP contribution is 2.42. The SMILES string of the molecule is Cc1csc(C2CCCN2C(=O)c2cccc(C(=O)C[C@@H](Cc3ccccc3)[C@H](O)[C@@H]3CC[C@H](c4ccccc4)C3)c2)n1. The van der Waals surface area contributed by atoms with Crippen LogP contribution < -0.4 is 0 Å². The highest BCUT2D eigenvalue weighted by Gasteiger charge is 2.36. The van der Waals surface area contributed by atoms with E-state index >= 15 is 0 Å². The molecule has 5 atom stereocenters. The number of aliphatic hydroxyl groups excluding tert-OH is 1. The average Bonchev–Trinajstić information content (AvgIpc) is 3.82. The maximum absolute atomic E-state index is 13.8. The Balaban J connectivity index is 1.18. The van der Waals surface area contributed by atoms with Gasteiger partial charge in [-0.1, -0.05) is 72.8 Å². The summed E-state index contributed by atoms with van der Waals surface area (Å²) < 4.78 is 0. The van der Waals surface area contributed by atoms with Crippen molar-refractivity contribution in [3.05, 3.63) is 123 Å². The molecule has 1 aliphatic carbocycles. The fraction of sp³-hybridized carbons (Fsp3) is 0.378. The summed E-state index contributed by atoms with van der Waals surface area (Å²) in [7, 11) is 0. The molecule has 1 amide bonds. The fourth-order valence-electron chi connectivity index (χ4n) is 7.11. The number of aliphatic hydroxyl groups is 1. The molecule has 0 spiro atoms. The number of ketones is 1. The number of amides is 1. The third-order valence-corrected chi connectivity index (χ3v) is 10.4. The van der Waals surface area contributed by atoms with Crippen LogP contribution in [-0.4, -0.2) is 39.3 Å². The van der Waals surface area contributed by atoms with Crippen molar-refractivity contribution < 1.29 is 14.7 Å². The van der Waals surface area contributed by atoms with Crippen molar-refractivity contribution >= 4 is 23.0 Å². The number of hydrogen-bond donors (Lipinski definition) is 1. The number of hydrogen-bond acceptors (Lipinski definition) is 5. The molecule has 3 aromatic carbocycles. The van der Waals surface area contributed by atoms with E-state index in [2.05, 4.69) is 41.4 Å². The second-order valence-corrected chi connectivity index (χ2v) is 13.2. The van der Waals surface area contributed by atoms with Crippen LogP contribution in [0.1, 0.15) is 93.0 Å². The molecule has 6 heteroatoms. The van der Waals surface area contributed by atoms with E-state index in [-0.39, 0.29) is 36.0 Å². The number of benzene rings is 3. The minimum Gasteiger partial charge on any atom is -0.393 e. The molecule has 4 aromatic rings. The third-order valence-electron chi connectivity index (χ3n) is 9.37. The van der Waals surface area contributed by atoms with E-state index < -0.39 is 6.10 Å². The first-order chi connectivity index (χ1) is 21.0. The van der Waals surface area contributed by atoms with Crippen LogP contribution in [0.5, 0.6) is 0 Å². The lowest BCUT2D eigenvalue weighted by atomic mass is 9.81. The van der Waals surface area contributed by atoms with E-state index in [0.717, 1.165) is 48.4 Å². The molecule has 1 unspecified atom stereocenters. The fourth-order valence-corrected chi connectivity index (χ4v) is 8.05. The summed E-state index contributed by atoms with van der Waals surface area (Å²) in [6, 6.07) is 27.9. The molecule has 1 aliphatic heterocycles. The zero-order valence-corrected chi connectivity index (χ0v) is 25.6. The Hall–Kier alpha value is -3.61. The van der Waals surface area contributed by atoms with Crippen LogP contribution in [0.15, 0.2) is 90.3 Å². The third kappa shape index (κ3) is 6.81. The number of carbonyl (C=O) groups excluding carboxylic acids is 2. The second kappa shape index (κ2) is 13.4. The van der Waals surface area contributed by atoms with E-state index in [9.17, 15) is 14.7 Å². The van der Waals surface area contributed by atoms with Gasteiger partial charge in [-0.05, 0) is 86.5 Å². The topological polar surface area (TPSA) is 70.5 Å². The second-order valence-electron chi connectivity index (χ2n) is 12.3. The quantitative estimate of drug-likeness (QED) is 0.191. The number of likely N-dealkylation sites (tertiary alicyclic amines) is 1. The van der Waals surface area contributed by atoms with Gasteiger partial charge in [0.15, 0.2) is 5.78 Å². The predicted octanol–water partition coefficient (Wildman–Crippen LogP) is 7.81. The van der Waals surface area contributed by atoms with E-state index in [0.29, 0.717) is 30.0 Å². The normalized spacial score (nSPS) is 21.5. The van der Waals surface area contributed by atoms with Gasteiger partial charge in [-0.25, -0.2) is 4.98 Å². The molecule has 2 aliphatic rings. The highest BCUT2D eigenvalue weighted by molar-refractivity contribution is 7.09. The van der Waals surface area contributed by atoms with Gasteiger partial charge in [-0.15, -0.1) is 11.3 Å². The Morgan fingerprint density at radius 1 is 0.953 bits per heavy atom. The molecule has 1 saturated heterocycles. The first kappa shape index (κ1) is 29.5. The summed E-state index contributed by atoms with van der Waals surface area (Å²) in [5, 5.41) is 14.8. The van der Waals surface area contributed by atoms with Gasteiger partial charge in [-0.3, -0.25) is 9.59 Å². The van der Waals surface area contributed by atoms with Crippen LogP contribution in [0, 0.1) is 18.8 Å². The molecule has 1 aromatic heterocycles. The molecule has 0 bridgehead atoms. The Bertz CT molecular complexity index is 1540. The molecule has 222 valence electrons. The maximum atomic E-state index is 13.8. The number of Topliss-reactive ketones (excluding diaryl/α,β-unsaturated/α-hetero) is 1. The Kier molecular flexibility index (Phi) is 9.15. The Morgan fingerprint density at radius 2 is 1.70 bits per heavy atom. The number of aryl methyl sites for hydroxylation is 1. The van der Waals surface area contributed by atoms with E-state index in [4.69, 9.17) is 0 Å². The standard InChI is InChI=1S/C37H40N2O3S/c1-25-24-43-36(38-25)33-16-9-19-39(33)37(42)31-15-8-14-29(22-31)34(40)23-32(20-26-10-4-2-5-11-26)35(41)30-18-17-28(21-30)27-12-6-3-7-13-27/h2-8,10-15,22,24,28,30,32-33,35,41H,9,16-21,23H2,1H3/t28-,30+,32+,33?,35+/m0/s1. The summed E-state index contributed by atoms with van der Waals surface area (Å²) in [6.45, 7) is 2.67. The van der Waals surface area contributed by atoms with Crippen molar-refractivity contribution in [1.29, 1.82) is 0 Å². The number of nitrogens with zero attached hydrogens (tertiary/aromatic N) is 2. The van der Waals surface area contributed by atoms with Gasteiger partial charge in [0.25, 0.3) is 5.91 Å². The van der Waals surface area contributed by atoms with Crippen LogP contribution in [-0.2, 0) is 6.42 Å². The van der Waals surface area contributed by atoms with E-state index in [1.165, 1.54) is 5.56 Å². The lowest BCUT2D eigenvalue weighted by molar-refractivity contribution is 0.0451. The van der Waals surface area contributed by atoms with Gasteiger partial charge in [0.1, 0.15) is 5.01 Å². The van der Waals surface area contributed by atoms with Crippen molar-refractivity contribution in [1.82, 2.24) is 9.88 Å². The molecule has 0 radical (unpaired) electrons. The van der Waals surface area contributed by atoms with Crippen molar-refractivity contribution in [3.63, 3.8) is 0 Å². The van der Waals surface area contributed by atoms with Crippen LogP contribution in [0.25, 0.3) is 0 Å². The largest absolute Gasteiger partial charge is 0.393 e. The van der Waals surface area contributed by atoms with Gasteiger partial charge in [0.2, 0.25) is 0 Å². The van der Waals surface area contributed by atoms with Gasteiger partial charge in [0, 0.05) is 35.2 Å². The van der Waals surface area contributed by atoms with Crippen molar-refractivity contribution in [2.24, 2.45) is 11.8 Å². The Labute approximate surface area is 258 Å². The molecule has 5 nitrogen and oxygen atoms in total. The highest BCUT2D eigenvalue weighted by atomic mass is 32.1. The van der Waals surface area contributed by atoms with Gasteiger partial charge < -0.3 is 10.0 Å². The molecular formula is C37H40N2O3S. The zero-order valence-electron chi connectivity index (χ0n) is 24.8. The summed E-state index contributed by atoms with van der Waals surface area (Å²) in [6.07, 6.45) is 5.10. The summed E-state index contributed by atoms with van der Waals surface area (Å²) in [5.74, 6) is 0.315. The van der Waals surface area contributed by atoms with Gasteiger partial charge in [0.05, 0.1) is 12.1 Å². The van der Waals surface area contributed by atoms with Crippen molar-refractivity contribution in [2.75, 3.05) is 6.54 Å². The molecule has 43 heavy (non-hydrogen) atoms. The average molecular weight is 593 g/mol. The van der Waals surface area contributed by atoms with Crippen LogP contribution in [0.4, 0.5) is 0 Å². The molecule has 6 rings (SSSR count). The molecular weight excluding hydrogens is 552 g/mol. The number of carbonyl (C=O) groups is 2. The van der Waals surface area contributed by atoms with Gasteiger partial charge >= 0.3 is 0 Å². The van der Waals surface area contributed by atoms with E-state index in [1.807, 2.05) is 47.5 Å². The zero-order chi connectivity index (χ0) is 29.8. The smallest absolute Gasteiger partial charge is 0.254 e. The first-order valence-electron chi connectivity index (χ1n) is 15.6. The lowest BCUT2D eigenvalue weighted by Crippen LogP contribution is -2.32. The predicted molar refractivity (Wildman–Crippen MR) is 171 cm³/mol. The van der Waals surface area contributed by atoms with Crippen LogP contribution >= 0.6 is 11.3 Å². The molecule has 2 heterocycles. The maximum Gasteiger partial charge on any atom is 0.254 e. The van der Waals surface area contributed by atoms with Crippen molar-refractivity contribution in [2.45, 2.75) is 69.9 Å². The van der Waals surface area contributed by atoms with E-state index in [1.54, 1.807) is 29.5 Å². The molecule has 2 fully saturated rings. The minimum atomic E-state index is -0.574. The Morgan fingerprint density at radius 3 is 2.44 bits per heavy atom. The number of aromatic nitrogens is 1.